The minimum absolute atomic E-state index is 0. The number of rotatable bonds is 8. The highest BCUT2D eigenvalue weighted by Crippen LogP contribution is 2.19. The molecular weight excluding hydrogens is 378 g/mol. The molecule has 0 fully saturated rings. The predicted octanol–water partition coefficient (Wildman–Crippen LogP) is 2.79. The predicted molar refractivity (Wildman–Crippen MR) is 110 cm³/mol. The van der Waals surface area contributed by atoms with E-state index in [9.17, 15) is 5.11 Å². The zero-order chi connectivity index (χ0) is 19.2. The Morgan fingerprint density at radius 3 is 2.57 bits per heavy atom. The summed E-state index contributed by atoms with van der Waals surface area (Å²) in [5.41, 5.74) is 4.23. The van der Waals surface area contributed by atoms with E-state index >= 15 is 0 Å². The van der Waals surface area contributed by atoms with E-state index in [2.05, 4.69) is 27.8 Å². The van der Waals surface area contributed by atoms with Crippen molar-refractivity contribution < 1.29 is 9.84 Å². The Morgan fingerprint density at radius 2 is 1.89 bits per heavy atom. The Hall–Kier alpha value is -2.48. The Balaban J connectivity index is 0.00000280. The molecule has 0 amide bonds. The number of ether oxygens (including phenoxy) is 1. The molecule has 1 aromatic heterocycles. The topological polar surface area (TPSA) is 85.1 Å². The molecule has 0 aliphatic heterocycles. The van der Waals surface area contributed by atoms with Gasteiger partial charge in [0.1, 0.15) is 24.8 Å². The van der Waals surface area contributed by atoms with Crippen LogP contribution in [0.5, 0.6) is 5.75 Å². The summed E-state index contributed by atoms with van der Waals surface area (Å²) in [6.07, 6.45) is 0.969. The molecule has 2 aromatic carbocycles. The number of benzene rings is 2. The molecule has 0 spiro atoms. The number of hydrogen-bond acceptors (Lipinski definition) is 6. The Morgan fingerprint density at radius 1 is 1.14 bits per heavy atom. The Kier molecular flexibility index (Phi) is 7.92. The SMILES string of the molecule is Cc1ccc(C)c(OCC(O)CNC(C)c2ccc(-n3cnnn3)cc2)c1.Cl. The van der Waals surface area contributed by atoms with Gasteiger partial charge in [0.05, 0.1) is 5.69 Å². The average molecular weight is 404 g/mol. The molecule has 2 unspecified atom stereocenters. The van der Waals surface area contributed by atoms with Crippen LogP contribution in [-0.4, -0.2) is 44.6 Å². The van der Waals surface area contributed by atoms with E-state index in [0.717, 1.165) is 28.1 Å². The van der Waals surface area contributed by atoms with E-state index < -0.39 is 6.10 Å². The van der Waals surface area contributed by atoms with Gasteiger partial charge in [0.15, 0.2) is 0 Å². The first kappa shape index (κ1) is 21.8. The van der Waals surface area contributed by atoms with Gasteiger partial charge in [-0.05, 0) is 66.1 Å². The smallest absolute Gasteiger partial charge is 0.143 e. The minimum atomic E-state index is -0.590. The lowest BCUT2D eigenvalue weighted by Crippen LogP contribution is -2.33. The van der Waals surface area contributed by atoms with Gasteiger partial charge in [0, 0.05) is 12.6 Å². The van der Waals surface area contributed by atoms with Crippen LogP contribution in [0.1, 0.15) is 29.7 Å². The largest absolute Gasteiger partial charge is 0.491 e. The number of tetrazole rings is 1. The molecule has 2 atom stereocenters. The zero-order valence-electron chi connectivity index (χ0n) is 16.2. The highest BCUT2D eigenvalue weighted by Gasteiger charge is 2.11. The van der Waals surface area contributed by atoms with Gasteiger partial charge in [-0.3, -0.25) is 0 Å². The van der Waals surface area contributed by atoms with Gasteiger partial charge in [-0.15, -0.1) is 17.5 Å². The van der Waals surface area contributed by atoms with Crippen LogP contribution in [0.4, 0.5) is 0 Å². The molecule has 1 heterocycles. The second-order valence-corrected chi connectivity index (χ2v) is 6.71. The summed E-state index contributed by atoms with van der Waals surface area (Å²) in [5.74, 6) is 0.820. The standard InChI is InChI=1S/C20H25N5O2.ClH/c1-14-4-5-15(2)20(10-14)27-12-19(26)11-21-16(3)17-6-8-18(9-7-17)25-13-22-23-24-25;/h4-10,13,16,19,21,26H,11-12H2,1-3H3;1H. The molecule has 0 radical (unpaired) electrons. The van der Waals surface area contributed by atoms with Crippen LogP contribution in [0.3, 0.4) is 0 Å². The lowest BCUT2D eigenvalue weighted by molar-refractivity contribution is 0.104. The summed E-state index contributed by atoms with van der Waals surface area (Å²) in [5, 5.41) is 24.7. The van der Waals surface area contributed by atoms with Crippen molar-refractivity contribution in [2.24, 2.45) is 0 Å². The average Bonchev–Trinajstić information content (AvgIpc) is 3.21. The van der Waals surface area contributed by atoms with Gasteiger partial charge in [-0.25, -0.2) is 4.68 Å². The summed E-state index contributed by atoms with van der Waals surface area (Å²) in [7, 11) is 0. The number of aliphatic hydroxyl groups excluding tert-OH is 1. The second-order valence-electron chi connectivity index (χ2n) is 6.71. The fraction of sp³-hybridized carbons (Fsp3) is 0.350. The van der Waals surface area contributed by atoms with Crippen molar-refractivity contribution in [3.8, 4) is 11.4 Å². The number of halogens is 1. The highest BCUT2D eigenvalue weighted by molar-refractivity contribution is 5.85. The van der Waals surface area contributed by atoms with Crippen LogP contribution < -0.4 is 10.1 Å². The zero-order valence-corrected chi connectivity index (χ0v) is 17.1. The first-order chi connectivity index (χ1) is 13.0. The molecule has 7 nitrogen and oxygen atoms in total. The van der Waals surface area contributed by atoms with Gasteiger partial charge in [0.25, 0.3) is 0 Å². The Bertz CT molecular complexity index is 856. The van der Waals surface area contributed by atoms with Crippen LogP contribution >= 0.6 is 12.4 Å². The van der Waals surface area contributed by atoms with Crippen molar-refractivity contribution >= 4 is 12.4 Å². The molecule has 2 N–H and O–H groups in total. The maximum absolute atomic E-state index is 10.2. The second kappa shape index (κ2) is 10.2. The van der Waals surface area contributed by atoms with Gasteiger partial charge in [-0.2, -0.15) is 0 Å². The molecule has 28 heavy (non-hydrogen) atoms. The number of aliphatic hydroxyl groups is 1. The molecule has 0 bridgehead atoms. The fourth-order valence-electron chi connectivity index (χ4n) is 2.73. The number of nitrogens with zero attached hydrogens (tertiary/aromatic N) is 4. The summed E-state index contributed by atoms with van der Waals surface area (Å²) in [4.78, 5) is 0. The monoisotopic (exact) mass is 403 g/mol. The number of aryl methyl sites for hydroxylation is 2. The van der Waals surface area contributed by atoms with E-state index in [1.807, 2.05) is 56.3 Å². The van der Waals surface area contributed by atoms with Crippen molar-refractivity contribution in [3.05, 3.63) is 65.5 Å². The van der Waals surface area contributed by atoms with Crippen LogP contribution in [-0.2, 0) is 0 Å². The fourth-order valence-corrected chi connectivity index (χ4v) is 2.73. The van der Waals surface area contributed by atoms with Crippen molar-refractivity contribution in [2.45, 2.75) is 32.9 Å². The first-order valence-corrected chi connectivity index (χ1v) is 8.98. The molecule has 150 valence electrons. The summed E-state index contributed by atoms with van der Waals surface area (Å²) in [6.45, 7) is 6.78. The van der Waals surface area contributed by atoms with Crippen molar-refractivity contribution in [1.29, 1.82) is 0 Å². The highest BCUT2D eigenvalue weighted by atomic mass is 35.5. The molecule has 0 saturated heterocycles. The van der Waals surface area contributed by atoms with E-state index in [0.29, 0.717) is 6.54 Å². The van der Waals surface area contributed by atoms with Gasteiger partial charge in [0.2, 0.25) is 0 Å². The van der Waals surface area contributed by atoms with Gasteiger partial charge < -0.3 is 15.2 Å². The molecule has 0 saturated carbocycles. The quantitative estimate of drug-likeness (QED) is 0.601. The molecular formula is C20H26ClN5O2. The van der Waals surface area contributed by atoms with E-state index in [-0.39, 0.29) is 25.1 Å². The number of aromatic nitrogens is 4. The summed E-state index contributed by atoms with van der Waals surface area (Å²) >= 11 is 0. The lowest BCUT2D eigenvalue weighted by Gasteiger charge is -2.19. The van der Waals surface area contributed by atoms with E-state index in [1.54, 1.807) is 11.0 Å². The molecule has 3 rings (SSSR count). The van der Waals surface area contributed by atoms with Crippen molar-refractivity contribution in [2.75, 3.05) is 13.2 Å². The van der Waals surface area contributed by atoms with Crippen molar-refractivity contribution in [1.82, 2.24) is 25.5 Å². The lowest BCUT2D eigenvalue weighted by atomic mass is 10.1. The van der Waals surface area contributed by atoms with E-state index in [4.69, 9.17) is 4.74 Å². The maximum atomic E-state index is 10.2. The number of hydrogen-bond donors (Lipinski definition) is 2. The minimum Gasteiger partial charge on any atom is -0.491 e. The van der Waals surface area contributed by atoms with Gasteiger partial charge >= 0.3 is 0 Å². The summed E-state index contributed by atoms with van der Waals surface area (Å²) in [6, 6.07) is 14.1. The maximum Gasteiger partial charge on any atom is 0.143 e. The molecule has 0 aliphatic carbocycles. The van der Waals surface area contributed by atoms with E-state index in [1.165, 1.54) is 0 Å². The molecule has 8 heteroatoms. The van der Waals surface area contributed by atoms with Gasteiger partial charge in [-0.1, -0.05) is 24.3 Å². The molecule has 3 aromatic rings. The normalized spacial score (nSPS) is 12.9. The summed E-state index contributed by atoms with van der Waals surface area (Å²) < 4.78 is 7.37. The van der Waals surface area contributed by atoms with Crippen molar-refractivity contribution in [3.63, 3.8) is 0 Å². The van der Waals surface area contributed by atoms with Crippen LogP contribution in [0.25, 0.3) is 5.69 Å². The number of nitrogens with one attached hydrogen (secondary N) is 1. The van der Waals surface area contributed by atoms with Crippen LogP contribution in [0, 0.1) is 13.8 Å². The first-order valence-electron chi connectivity index (χ1n) is 8.98. The molecule has 0 aliphatic rings. The third-order valence-electron chi connectivity index (χ3n) is 4.44. The van der Waals surface area contributed by atoms with Crippen LogP contribution in [0.2, 0.25) is 0 Å². The third kappa shape index (κ3) is 5.76. The Labute approximate surface area is 171 Å². The van der Waals surface area contributed by atoms with Crippen LogP contribution in [0.15, 0.2) is 48.8 Å². The third-order valence-corrected chi connectivity index (χ3v) is 4.44.